The standard InChI is InChI=1S/C25H34N2O5S.C13H13ClN2O2S.2C13H14N2O3S.C13H12N2O3S.C11H21NO3.Cl3OP/c1-5-30-19(28)13-16-8-11-18-21(16)22-23(26-14-27-24(22)33-18)31-17-9-6-15(7-10-17)12-20(29)32-25(2,3)4;1-2-18-9(17)5-7-3-4-8-10(7)11-12(14)15-6-16-13(11)19-8;3*1-2-18-9(16)5-7-3-4-8-10(7)11-12(17)14-6-15-13(11)19-8;1-11(2,3)15-10(14)12-8-4-6-9(13)7-5-8;1-5(2,3)4/h14-17H,5-13H2,1-4H3;6-7H,2-5H2,1H3;2*6-7H,2-5H2,1H3,(H,14,15,17);7H,2-5H2,1H3;8-9,13H,4-7H2,1-3H3,(H,12,14);/p+1/t15?,16-,17?;2*7-;;7-;;/m000.1../s1. The summed E-state index contributed by atoms with van der Waals surface area (Å²) in [5.74, 6) is 0.361. The van der Waals surface area contributed by atoms with Crippen molar-refractivity contribution in [2.75, 3.05) is 33.0 Å². The predicted octanol–water partition coefficient (Wildman–Crippen LogP) is 19.2. The van der Waals surface area contributed by atoms with Crippen molar-refractivity contribution in [2.45, 2.75) is 289 Å². The number of nitrogens with zero attached hydrogens (tertiary/aromatic N) is 7. The highest BCUT2D eigenvalue weighted by Gasteiger charge is 2.42. The van der Waals surface area contributed by atoms with Crippen LogP contribution in [0.1, 0.15) is 290 Å². The first-order valence-electron chi connectivity index (χ1n) is 43.5. The van der Waals surface area contributed by atoms with Gasteiger partial charge in [0.25, 0.3) is 17.5 Å². The number of aromatic nitrogens is 8. The van der Waals surface area contributed by atoms with E-state index < -0.39 is 16.4 Å². The normalized spacial score (nSPS) is 20.1. The van der Waals surface area contributed by atoms with Gasteiger partial charge in [-0.1, -0.05) is 11.6 Å². The number of aryl methyl sites for hydroxylation is 5. The molecule has 0 saturated heterocycles. The van der Waals surface area contributed by atoms with Crippen LogP contribution in [-0.2, 0) is 98.6 Å². The van der Waals surface area contributed by atoms with E-state index in [1.807, 2.05) is 55.4 Å². The molecular weight excluding hydrogens is 1860 g/mol. The summed E-state index contributed by atoms with van der Waals surface area (Å²) in [7, 11) is 0. The summed E-state index contributed by atoms with van der Waals surface area (Å²) in [6, 6.07) is 0.156. The van der Waals surface area contributed by atoms with E-state index in [1.165, 1.54) is 65.8 Å². The minimum atomic E-state index is -3.22. The number of rotatable bonds is 20. The number of halogens is 4. The third-order valence-electron chi connectivity index (χ3n) is 22.5. The molecule has 2 fully saturated rings. The number of carbonyl (C=O) groups excluding carboxylic acids is 8. The molecule has 1 aliphatic heterocycles. The summed E-state index contributed by atoms with van der Waals surface area (Å²) in [5.41, 5.74) is 4.89. The van der Waals surface area contributed by atoms with Gasteiger partial charge >= 0.3 is 53.0 Å². The van der Waals surface area contributed by atoms with Crippen LogP contribution < -0.4 is 26.5 Å². The largest absolute Gasteiger partial charge is 0.474 e. The van der Waals surface area contributed by atoms with E-state index >= 15 is 0 Å². The van der Waals surface area contributed by atoms with Crippen LogP contribution >= 0.6 is 107 Å². The molecule has 129 heavy (non-hydrogen) atoms. The Morgan fingerprint density at radius 2 is 0.845 bits per heavy atom. The number of thiophene rings is 5. The van der Waals surface area contributed by atoms with E-state index in [9.17, 15) is 57.6 Å². The molecule has 8 aliphatic rings. The Balaban J connectivity index is 0.000000151. The van der Waals surface area contributed by atoms with E-state index in [1.54, 1.807) is 72.4 Å². The molecule has 0 radical (unpaired) electrons. The van der Waals surface area contributed by atoms with Crippen molar-refractivity contribution in [1.82, 2.24) is 50.5 Å². The van der Waals surface area contributed by atoms with Gasteiger partial charge in [-0.25, -0.2) is 34.7 Å². The lowest BCUT2D eigenvalue weighted by atomic mass is 9.85. The fourth-order valence-electron chi connectivity index (χ4n) is 17.4. The second kappa shape index (κ2) is 46.4. The Morgan fingerprint density at radius 1 is 0.473 bits per heavy atom. The van der Waals surface area contributed by atoms with Crippen LogP contribution in [0.25, 0.3) is 40.9 Å². The third kappa shape index (κ3) is 27.9. The first-order chi connectivity index (χ1) is 61.4. The molecule has 9 aromatic rings. The van der Waals surface area contributed by atoms with E-state index in [0.29, 0.717) is 110 Å². The SMILES string of the molecule is CC(C)(C)OC(=O)NC1CCC(O)CC1.CCOC(=O)CC1CCc2sc3nc[nH]c(=O)c3c21.CCOC(=O)C[C@@H]1CCc2sc3nc[nH]c(=O)c3c21.CCOC(=O)C[C@@H]1CCc2sc3ncnc(Cl)c3c21.CCOC(=O)C[C@@H]1CCc2sc3ncnc(OC4CCC(CC(=O)OC(C)(C)C)CC4)c3c21.CCOC(=O)C[C@H]1CCc2sc3c(c21)C(=O)N[C+]=N3.O=P(Cl)(Cl)Cl. The molecule has 0 bridgehead atoms. The van der Waals surface area contributed by atoms with Crippen LogP contribution in [-0.4, -0.2) is 162 Å². The number of nitrogens with one attached hydrogen (secondary N) is 4. The molecule has 10 heterocycles. The van der Waals surface area contributed by atoms with Gasteiger partial charge < -0.3 is 58.3 Å². The predicted molar refractivity (Wildman–Crippen MR) is 500 cm³/mol. The Hall–Kier alpha value is -8.25. The summed E-state index contributed by atoms with van der Waals surface area (Å²) < 4.78 is 51.8. The number of fused-ring (bicyclic) bond motifs is 15. The van der Waals surface area contributed by atoms with Crippen LogP contribution in [0.15, 0.2) is 39.9 Å². The monoisotopic (exact) mass is 1970 g/mol. The number of aromatic amines is 2. The third-order valence-corrected chi connectivity index (χ3v) is 28.6. The lowest BCUT2D eigenvalue weighted by molar-refractivity contribution is -0.156. The molecule has 5 N–H and O–H groups in total. The average Bonchev–Trinajstić information content (AvgIpc) is 1.67. The maximum atomic E-state index is 12.2. The maximum absolute atomic E-state index is 12.2. The number of H-pyrrole nitrogens is 2. The summed E-state index contributed by atoms with van der Waals surface area (Å²) in [6.07, 6.45) is 26.4. The number of aliphatic hydroxyl groups excluding tert-OH is 1. The molecule has 9 aromatic heterocycles. The van der Waals surface area contributed by atoms with Gasteiger partial charge in [-0.2, -0.15) is 10.1 Å². The van der Waals surface area contributed by atoms with Gasteiger partial charge in [0.1, 0.15) is 54.4 Å². The van der Waals surface area contributed by atoms with Gasteiger partial charge in [0.15, 0.2) is 5.56 Å². The quantitative estimate of drug-likeness (QED) is 0.0155. The van der Waals surface area contributed by atoms with Gasteiger partial charge in [0.05, 0.1) is 105 Å². The van der Waals surface area contributed by atoms with Crippen LogP contribution in [0.5, 0.6) is 5.88 Å². The van der Waals surface area contributed by atoms with E-state index in [2.05, 4.69) is 95.6 Å². The van der Waals surface area contributed by atoms with Crippen molar-refractivity contribution < 1.29 is 85.9 Å². The van der Waals surface area contributed by atoms with Crippen molar-refractivity contribution in [2.24, 2.45) is 10.9 Å². The summed E-state index contributed by atoms with van der Waals surface area (Å²) >= 11 is 28.0. The minimum absolute atomic E-state index is 0.0680. The fraction of sp³-hybridized carbons (Fsp3) is 0.580. The van der Waals surface area contributed by atoms with Crippen LogP contribution in [0.4, 0.5) is 9.80 Å². The smallest absolute Gasteiger partial charge is 0.407 e. The molecule has 698 valence electrons. The highest BCUT2D eigenvalue weighted by molar-refractivity contribution is 8.24. The zero-order valence-electron chi connectivity index (χ0n) is 73.8. The zero-order chi connectivity index (χ0) is 93.2. The molecule has 7 aliphatic carbocycles. The maximum Gasteiger partial charge on any atom is 0.407 e. The molecular formula is C88H109Cl4N11O20PS5+. The second-order valence-electron chi connectivity index (χ2n) is 33.9. The molecule has 5 atom stereocenters. The number of esters is 6. The van der Waals surface area contributed by atoms with Gasteiger partial charge in [-0.15, -0.1) is 45.3 Å². The Bertz CT molecular complexity index is 5570. The Labute approximate surface area is 785 Å². The van der Waals surface area contributed by atoms with Gasteiger partial charge in [-0.3, -0.25) is 42.9 Å². The van der Waals surface area contributed by atoms with E-state index in [-0.39, 0.29) is 107 Å². The highest BCUT2D eigenvalue weighted by Crippen LogP contribution is 2.61. The molecule has 0 spiro atoms. The molecule has 0 aromatic carbocycles. The molecule has 41 heteroatoms. The fourth-order valence-corrected chi connectivity index (χ4v) is 23.9. The summed E-state index contributed by atoms with van der Waals surface area (Å²) in [4.78, 5) is 163. The van der Waals surface area contributed by atoms with Crippen LogP contribution in [0, 0.1) is 5.92 Å². The number of hydrogen-bond donors (Lipinski definition) is 5. The zero-order valence-corrected chi connectivity index (χ0v) is 81.8. The first-order valence-corrected chi connectivity index (χ1v) is 52.4. The van der Waals surface area contributed by atoms with E-state index in [4.69, 9.17) is 49.5 Å². The van der Waals surface area contributed by atoms with Crippen molar-refractivity contribution in [3.8, 4) is 5.88 Å². The van der Waals surface area contributed by atoms with Crippen LogP contribution in [0.3, 0.4) is 0 Å². The molecule has 17 rings (SSSR count). The number of carbonyl (C=O) groups is 8. The van der Waals surface area contributed by atoms with Crippen molar-refractivity contribution in [3.63, 3.8) is 0 Å². The summed E-state index contributed by atoms with van der Waals surface area (Å²) in [6.45, 7) is 22.3. The Morgan fingerprint density at radius 3 is 1.26 bits per heavy atom. The number of aliphatic hydroxyl groups is 1. The second-order valence-corrected chi connectivity index (χ2v) is 46.3. The van der Waals surface area contributed by atoms with Crippen molar-refractivity contribution in [1.29, 1.82) is 0 Å². The molecule has 1 unspecified atom stereocenters. The first kappa shape index (κ1) is 101. The molecule has 2 saturated carbocycles. The lowest BCUT2D eigenvalue weighted by Gasteiger charge is -2.29. The number of amides is 2. The number of ether oxygens (including phenoxy) is 8. The van der Waals surface area contributed by atoms with Crippen molar-refractivity contribution in [3.05, 3.63) is 109 Å². The Kier molecular flexibility index (Phi) is 36.4. The molecule has 31 nitrogen and oxygen atoms in total. The average molecular weight is 1970 g/mol. The van der Waals surface area contributed by atoms with E-state index in [0.717, 1.165) is 162 Å². The van der Waals surface area contributed by atoms with Crippen LogP contribution in [0.2, 0.25) is 5.15 Å². The number of hydrogen-bond acceptors (Lipinski definition) is 32. The molecule has 2 amide bonds. The van der Waals surface area contributed by atoms with Gasteiger partial charge in [0, 0.05) is 42.4 Å². The number of alkyl carbamates (subject to hydrolysis) is 1. The minimum Gasteiger partial charge on any atom is -0.474 e. The summed E-state index contributed by atoms with van der Waals surface area (Å²) in [5, 5.41) is 15.8. The van der Waals surface area contributed by atoms with Crippen molar-refractivity contribution >= 4 is 207 Å². The highest BCUT2D eigenvalue weighted by atomic mass is 36.0. The van der Waals surface area contributed by atoms with Gasteiger partial charge in [0.2, 0.25) is 10.9 Å². The van der Waals surface area contributed by atoms with Gasteiger partial charge in [-0.05, 0) is 300 Å². The topological polar surface area (TPSA) is 427 Å². The number of aliphatic imine (C=N–C) groups is 1. The lowest BCUT2D eigenvalue weighted by Crippen LogP contribution is -2.41.